The van der Waals surface area contributed by atoms with Crippen LogP contribution in [0.15, 0.2) is 32.3 Å². The molecule has 0 unspecified atom stereocenters. The SMILES string of the molecule is O=S(=O)(Cl)c1nnc(-c2cc(Br)cc(Br)c2)n1C1CC1. The molecule has 1 aliphatic rings. The predicted molar refractivity (Wildman–Crippen MR) is 82.2 cm³/mol. The molecule has 1 aromatic heterocycles. The fourth-order valence-electron chi connectivity index (χ4n) is 1.98. The molecule has 2 aromatic rings. The number of halogens is 3. The first-order valence-corrected chi connectivity index (χ1v) is 9.62. The number of benzene rings is 1. The minimum Gasteiger partial charge on any atom is -0.294 e. The lowest BCUT2D eigenvalue weighted by Crippen LogP contribution is -2.06. The Morgan fingerprint density at radius 1 is 1.15 bits per heavy atom. The Morgan fingerprint density at radius 2 is 1.75 bits per heavy atom. The standard InChI is InChI=1S/C11H8Br2ClN3O2S/c12-7-3-6(4-8(13)5-7)10-15-16-11(20(14,18)19)17(10)9-1-2-9/h3-5,9H,1-2H2. The zero-order chi connectivity index (χ0) is 14.5. The summed E-state index contributed by atoms with van der Waals surface area (Å²) in [7, 11) is 1.52. The summed E-state index contributed by atoms with van der Waals surface area (Å²) in [4.78, 5) is 0. The van der Waals surface area contributed by atoms with Crippen molar-refractivity contribution in [1.82, 2.24) is 14.8 Å². The van der Waals surface area contributed by atoms with E-state index in [9.17, 15) is 8.42 Å². The molecule has 0 bridgehead atoms. The molecule has 1 fully saturated rings. The summed E-state index contributed by atoms with van der Waals surface area (Å²) in [6.45, 7) is 0. The molecule has 0 atom stereocenters. The fourth-order valence-corrected chi connectivity index (χ4v) is 4.20. The van der Waals surface area contributed by atoms with Gasteiger partial charge in [0, 0.05) is 31.2 Å². The Bertz CT molecular complexity index is 767. The van der Waals surface area contributed by atoms with Crippen LogP contribution in [0.3, 0.4) is 0 Å². The van der Waals surface area contributed by atoms with Crippen molar-refractivity contribution in [3.8, 4) is 11.4 Å². The number of aromatic nitrogens is 3. The number of hydrogen-bond acceptors (Lipinski definition) is 4. The minimum atomic E-state index is -3.91. The van der Waals surface area contributed by atoms with Crippen molar-refractivity contribution < 1.29 is 8.42 Å². The van der Waals surface area contributed by atoms with Crippen molar-refractivity contribution in [1.29, 1.82) is 0 Å². The Kier molecular flexibility index (Phi) is 3.68. The van der Waals surface area contributed by atoms with E-state index < -0.39 is 9.05 Å². The van der Waals surface area contributed by atoms with Crippen LogP contribution < -0.4 is 0 Å². The highest BCUT2D eigenvalue weighted by atomic mass is 79.9. The second-order valence-electron chi connectivity index (χ2n) is 4.50. The molecule has 1 heterocycles. The van der Waals surface area contributed by atoms with E-state index in [0.717, 1.165) is 27.4 Å². The lowest BCUT2D eigenvalue weighted by atomic mass is 10.2. The molecule has 1 saturated carbocycles. The van der Waals surface area contributed by atoms with Crippen LogP contribution in [0, 0.1) is 0 Å². The van der Waals surface area contributed by atoms with Crippen LogP contribution in [0.5, 0.6) is 0 Å². The molecule has 3 rings (SSSR count). The van der Waals surface area contributed by atoms with Crippen LogP contribution in [0.1, 0.15) is 18.9 Å². The summed E-state index contributed by atoms with van der Waals surface area (Å²) in [6.07, 6.45) is 1.80. The summed E-state index contributed by atoms with van der Waals surface area (Å²) in [5.74, 6) is 0.508. The van der Waals surface area contributed by atoms with Gasteiger partial charge in [-0.05, 0) is 31.0 Å². The van der Waals surface area contributed by atoms with Crippen molar-refractivity contribution in [2.45, 2.75) is 24.0 Å². The Labute approximate surface area is 137 Å². The number of nitrogens with zero attached hydrogens (tertiary/aromatic N) is 3. The van der Waals surface area contributed by atoms with Crippen molar-refractivity contribution in [3.63, 3.8) is 0 Å². The molecule has 106 valence electrons. The second kappa shape index (κ2) is 5.08. The topological polar surface area (TPSA) is 64.8 Å². The summed E-state index contributed by atoms with van der Waals surface area (Å²) in [6, 6.07) is 5.71. The largest absolute Gasteiger partial charge is 0.296 e. The van der Waals surface area contributed by atoms with Gasteiger partial charge in [0.2, 0.25) is 0 Å². The first-order valence-electron chi connectivity index (χ1n) is 5.72. The van der Waals surface area contributed by atoms with Gasteiger partial charge in [0.1, 0.15) is 0 Å². The van der Waals surface area contributed by atoms with E-state index in [2.05, 4.69) is 42.1 Å². The quantitative estimate of drug-likeness (QED) is 0.681. The Balaban J connectivity index is 2.22. The third-order valence-corrected chi connectivity index (χ3v) is 4.96. The summed E-state index contributed by atoms with van der Waals surface area (Å²) in [5.41, 5.74) is 0.775. The molecule has 0 spiro atoms. The highest BCUT2D eigenvalue weighted by Crippen LogP contribution is 2.41. The maximum absolute atomic E-state index is 11.6. The summed E-state index contributed by atoms with van der Waals surface area (Å²) in [5, 5.41) is 7.56. The normalized spacial score (nSPS) is 15.6. The molecule has 5 nitrogen and oxygen atoms in total. The molecule has 0 N–H and O–H groups in total. The van der Waals surface area contributed by atoms with Crippen LogP contribution in [-0.2, 0) is 9.05 Å². The van der Waals surface area contributed by atoms with Gasteiger partial charge in [-0.2, -0.15) is 0 Å². The third kappa shape index (κ3) is 2.79. The highest BCUT2D eigenvalue weighted by molar-refractivity contribution is 9.11. The molecule has 20 heavy (non-hydrogen) atoms. The van der Waals surface area contributed by atoms with E-state index in [4.69, 9.17) is 10.7 Å². The van der Waals surface area contributed by atoms with E-state index in [0.29, 0.717) is 5.82 Å². The molecular formula is C11H8Br2ClN3O2S. The van der Waals surface area contributed by atoms with Gasteiger partial charge in [-0.3, -0.25) is 4.57 Å². The van der Waals surface area contributed by atoms with Crippen molar-refractivity contribution in [3.05, 3.63) is 27.1 Å². The van der Waals surface area contributed by atoms with Gasteiger partial charge in [0.15, 0.2) is 5.82 Å². The molecule has 0 aliphatic heterocycles. The monoisotopic (exact) mass is 439 g/mol. The van der Waals surface area contributed by atoms with Crippen molar-refractivity contribution >= 4 is 51.6 Å². The van der Waals surface area contributed by atoms with Crippen LogP contribution >= 0.6 is 42.5 Å². The molecule has 0 saturated heterocycles. The van der Waals surface area contributed by atoms with E-state index >= 15 is 0 Å². The van der Waals surface area contributed by atoms with Crippen molar-refractivity contribution in [2.24, 2.45) is 0 Å². The molecule has 1 aromatic carbocycles. The summed E-state index contributed by atoms with van der Waals surface area (Å²) < 4.78 is 26.5. The molecule has 0 amide bonds. The lowest BCUT2D eigenvalue weighted by Gasteiger charge is -2.08. The fraction of sp³-hybridized carbons (Fsp3) is 0.273. The second-order valence-corrected chi connectivity index (χ2v) is 8.79. The first kappa shape index (κ1) is 14.5. The van der Waals surface area contributed by atoms with Gasteiger partial charge in [-0.15, -0.1) is 10.2 Å². The Morgan fingerprint density at radius 3 is 2.25 bits per heavy atom. The van der Waals surface area contributed by atoms with Gasteiger partial charge in [-0.1, -0.05) is 31.9 Å². The number of hydrogen-bond donors (Lipinski definition) is 0. The highest BCUT2D eigenvalue weighted by Gasteiger charge is 2.34. The average molecular weight is 442 g/mol. The first-order chi connectivity index (χ1) is 9.36. The van der Waals surface area contributed by atoms with Gasteiger partial charge in [-0.25, -0.2) is 8.42 Å². The molecular weight excluding hydrogens is 433 g/mol. The Hall–Kier alpha value is -0.440. The van der Waals surface area contributed by atoms with Gasteiger partial charge in [0.25, 0.3) is 14.2 Å². The smallest absolute Gasteiger partial charge is 0.294 e. The van der Waals surface area contributed by atoms with E-state index in [1.807, 2.05) is 18.2 Å². The van der Waals surface area contributed by atoms with Crippen LogP contribution in [0.25, 0.3) is 11.4 Å². The predicted octanol–water partition coefficient (Wildman–Crippen LogP) is 3.73. The zero-order valence-electron chi connectivity index (χ0n) is 9.92. The minimum absolute atomic E-state index is 0.0984. The maximum Gasteiger partial charge on any atom is 0.296 e. The molecule has 0 radical (unpaired) electrons. The molecule has 1 aliphatic carbocycles. The van der Waals surface area contributed by atoms with Crippen molar-refractivity contribution in [2.75, 3.05) is 0 Å². The van der Waals surface area contributed by atoms with Crippen LogP contribution in [-0.4, -0.2) is 23.2 Å². The van der Waals surface area contributed by atoms with Gasteiger partial charge >= 0.3 is 0 Å². The summed E-state index contributed by atoms with van der Waals surface area (Å²) >= 11 is 6.80. The van der Waals surface area contributed by atoms with Gasteiger partial charge < -0.3 is 0 Å². The maximum atomic E-state index is 11.6. The van der Waals surface area contributed by atoms with Crippen LogP contribution in [0.4, 0.5) is 0 Å². The third-order valence-electron chi connectivity index (χ3n) is 2.92. The molecule has 9 heteroatoms. The lowest BCUT2D eigenvalue weighted by molar-refractivity contribution is 0.579. The van der Waals surface area contributed by atoms with Crippen LogP contribution in [0.2, 0.25) is 0 Å². The average Bonchev–Trinajstić information content (AvgIpc) is 3.04. The van der Waals surface area contributed by atoms with E-state index in [1.54, 1.807) is 4.57 Å². The zero-order valence-corrected chi connectivity index (χ0v) is 14.7. The van der Waals surface area contributed by atoms with Gasteiger partial charge in [0.05, 0.1) is 0 Å². The number of rotatable bonds is 3. The van der Waals surface area contributed by atoms with E-state index in [-0.39, 0.29) is 11.2 Å². The van der Waals surface area contributed by atoms with E-state index in [1.165, 1.54) is 0 Å².